The zero-order valence-electron chi connectivity index (χ0n) is 9.07. The van der Waals surface area contributed by atoms with Gasteiger partial charge in [-0.05, 0) is 18.8 Å². The van der Waals surface area contributed by atoms with Crippen molar-refractivity contribution in [3.8, 4) is 0 Å². The molecule has 1 amide bonds. The van der Waals surface area contributed by atoms with Crippen molar-refractivity contribution in [3.05, 3.63) is 0 Å². The number of amides is 1. The van der Waals surface area contributed by atoms with E-state index in [1.54, 1.807) is 18.9 Å². The van der Waals surface area contributed by atoms with Crippen LogP contribution in [0.4, 0.5) is 0 Å². The Hall–Kier alpha value is -0.260. The molecule has 0 bridgehead atoms. The average Bonchev–Trinajstić information content (AvgIpc) is 2.18. The maximum Gasteiger partial charge on any atom is 0.230 e. The molecule has 0 heterocycles. The highest BCUT2D eigenvalue weighted by Gasteiger charge is 2.26. The lowest BCUT2D eigenvalue weighted by Crippen LogP contribution is -2.39. The summed E-state index contributed by atoms with van der Waals surface area (Å²) in [6.45, 7) is 1.40. The molecular formula is C10H19NO3S. The number of nitrogens with one attached hydrogen (secondary N) is 1. The van der Waals surface area contributed by atoms with Crippen molar-refractivity contribution < 1.29 is 14.6 Å². The Labute approximate surface area is 94.8 Å². The summed E-state index contributed by atoms with van der Waals surface area (Å²) in [5.41, 5.74) is 0. The van der Waals surface area contributed by atoms with Gasteiger partial charge in [0.05, 0.1) is 18.5 Å². The summed E-state index contributed by atoms with van der Waals surface area (Å²) in [4.78, 5) is 11.3. The van der Waals surface area contributed by atoms with E-state index in [9.17, 15) is 4.79 Å². The van der Waals surface area contributed by atoms with E-state index in [0.29, 0.717) is 24.8 Å². The van der Waals surface area contributed by atoms with Gasteiger partial charge in [0.1, 0.15) is 0 Å². The summed E-state index contributed by atoms with van der Waals surface area (Å²) in [6.07, 6.45) is 1.52. The summed E-state index contributed by atoms with van der Waals surface area (Å²) in [5.74, 6) is 1.91. The van der Waals surface area contributed by atoms with Crippen LogP contribution in [-0.4, -0.2) is 48.9 Å². The molecule has 0 spiro atoms. The van der Waals surface area contributed by atoms with Crippen LogP contribution in [-0.2, 0) is 9.53 Å². The molecule has 1 saturated carbocycles. The first kappa shape index (κ1) is 12.8. The van der Waals surface area contributed by atoms with Crippen LogP contribution in [0.1, 0.15) is 12.8 Å². The fraction of sp³-hybridized carbons (Fsp3) is 0.900. The second kappa shape index (κ2) is 7.09. The number of carbonyl (C=O) groups excluding carboxylic acids is 1. The van der Waals surface area contributed by atoms with Crippen LogP contribution in [0.25, 0.3) is 0 Å². The van der Waals surface area contributed by atoms with E-state index in [1.165, 1.54) is 0 Å². The second-order valence-corrected chi connectivity index (χ2v) is 4.95. The summed E-state index contributed by atoms with van der Waals surface area (Å²) >= 11 is 1.58. The third-order valence-electron chi connectivity index (χ3n) is 2.46. The Morgan fingerprint density at radius 2 is 2.33 bits per heavy atom. The van der Waals surface area contributed by atoms with Crippen LogP contribution in [0.15, 0.2) is 0 Å². The predicted octanol–water partition coefficient (Wildman–Crippen LogP) is 0.253. The first-order valence-corrected chi connectivity index (χ1v) is 6.39. The standard InChI is InChI=1S/C10H19NO3S/c1-14-2-3-15-7-10(13)11-6-8-4-9(12)5-8/h8-9,12H,2-7H2,1H3,(H,11,13). The van der Waals surface area contributed by atoms with E-state index in [-0.39, 0.29) is 12.0 Å². The van der Waals surface area contributed by atoms with Crippen molar-refractivity contribution in [2.24, 2.45) is 5.92 Å². The number of aliphatic hydroxyl groups is 1. The molecule has 0 aliphatic heterocycles. The Morgan fingerprint density at radius 1 is 1.60 bits per heavy atom. The number of carbonyl (C=O) groups is 1. The molecular weight excluding hydrogens is 214 g/mol. The highest BCUT2D eigenvalue weighted by Crippen LogP contribution is 2.25. The minimum atomic E-state index is -0.136. The first-order valence-electron chi connectivity index (χ1n) is 5.23. The van der Waals surface area contributed by atoms with Crippen molar-refractivity contribution in [1.82, 2.24) is 5.32 Å². The highest BCUT2D eigenvalue weighted by molar-refractivity contribution is 7.99. The Morgan fingerprint density at radius 3 is 2.93 bits per heavy atom. The van der Waals surface area contributed by atoms with Crippen molar-refractivity contribution in [2.75, 3.05) is 31.8 Å². The van der Waals surface area contributed by atoms with Gasteiger partial charge < -0.3 is 15.2 Å². The Bertz CT molecular complexity index is 195. The summed E-state index contributed by atoms with van der Waals surface area (Å²) in [6, 6.07) is 0. The van der Waals surface area contributed by atoms with Crippen LogP contribution in [0.5, 0.6) is 0 Å². The van der Waals surface area contributed by atoms with Gasteiger partial charge in [0.2, 0.25) is 5.91 Å². The van der Waals surface area contributed by atoms with E-state index in [0.717, 1.165) is 18.6 Å². The number of thioether (sulfide) groups is 1. The van der Waals surface area contributed by atoms with E-state index < -0.39 is 0 Å². The molecule has 0 aromatic rings. The van der Waals surface area contributed by atoms with E-state index in [2.05, 4.69) is 5.32 Å². The Kier molecular flexibility index (Phi) is 6.05. The van der Waals surface area contributed by atoms with Crippen molar-refractivity contribution in [3.63, 3.8) is 0 Å². The zero-order valence-corrected chi connectivity index (χ0v) is 9.89. The maximum absolute atomic E-state index is 11.3. The molecule has 88 valence electrons. The third-order valence-corrected chi connectivity index (χ3v) is 3.39. The maximum atomic E-state index is 11.3. The minimum Gasteiger partial charge on any atom is -0.393 e. The van der Waals surface area contributed by atoms with Crippen LogP contribution in [0.2, 0.25) is 0 Å². The number of ether oxygens (including phenoxy) is 1. The van der Waals surface area contributed by atoms with Gasteiger partial charge in [-0.2, -0.15) is 0 Å². The van der Waals surface area contributed by atoms with Crippen LogP contribution >= 0.6 is 11.8 Å². The van der Waals surface area contributed by atoms with Gasteiger partial charge in [0, 0.05) is 19.4 Å². The van der Waals surface area contributed by atoms with Crippen molar-refractivity contribution in [1.29, 1.82) is 0 Å². The van der Waals surface area contributed by atoms with Gasteiger partial charge in [-0.25, -0.2) is 0 Å². The molecule has 1 fully saturated rings. The minimum absolute atomic E-state index is 0.0810. The zero-order chi connectivity index (χ0) is 11.1. The molecule has 0 saturated heterocycles. The average molecular weight is 233 g/mol. The molecule has 4 nitrogen and oxygen atoms in total. The molecule has 1 aliphatic rings. The Balaban J connectivity index is 1.90. The topological polar surface area (TPSA) is 58.6 Å². The van der Waals surface area contributed by atoms with Gasteiger partial charge in [-0.3, -0.25) is 4.79 Å². The lowest BCUT2D eigenvalue weighted by atomic mass is 9.82. The lowest BCUT2D eigenvalue weighted by molar-refractivity contribution is -0.119. The monoisotopic (exact) mass is 233 g/mol. The largest absolute Gasteiger partial charge is 0.393 e. The van der Waals surface area contributed by atoms with E-state index >= 15 is 0 Å². The van der Waals surface area contributed by atoms with Crippen LogP contribution < -0.4 is 5.32 Å². The fourth-order valence-corrected chi connectivity index (χ4v) is 2.20. The second-order valence-electron chi connectivity index (χ2n) is 3.84. The molecule has 1 aliphatic carbocycles. The number of hydrogen-bond acceptors (Lipinski definition) is 4. The van der Waals surface area contributed by atoms with Gasteiger partial charge in [-0.15, -0.1) is 11.8 Å². The first-order chi connectivity index (χ1) is 7.22. The van der Waals surface area contributed by atoms with Crippen LogP contribution in [0, 0.1) is 5.92 Å². The summed E-state index contributed by atoms with van der Waals surface area (Å²) in [7, 11) is 1.66. The quantitative estimate of drug-likeness (QED) is 0.619. The van der Waals surface area contributed by atoms with E-state index in [4.69, 9.17) is 9.84 Å². The fourth-order valence-electron chi connectivity index (χ4n) is 1.48. The number of rotatable bonds is 7. The molecule has 0 aromatic carbocycles. The molecule has 15 heavy (non-hydrogen) atoms. The number of aliphatic hydroxyl groups excluding tert-OH is 1. The predicted molar refractivity (Wildman–Crippen MR) is 60.9 cm³/mol. The van der Waals surface area contributed by atoms with E-state index in [1.807, 2.05) is 0 Å². The SMILES string of the molecule is COCCSCC(=O)NCC1CC(O)C1. The summed E-state index contributed by atoms with van der Waals surface area (Å²) < 4.78 is 4.88. The van der Waals surface area contributed by atoms with Crippen molar-refractivity contribution >= 4 is 17.7 Å². The molecule has 0 atom stereocenters. The lowest BCUT2D eigenvalue weighted by Gasteiger charge is -2.31. The highest BCUT2D eigenvalue weighted by atomic mass is 32.2. The molecule has 1 rings (SSSR count). The summed E-state index contributed by atoms with van der Waals surface area (Å²) in [5, 5.41) is 11.9. The van der Waals surface area contributed by atoms with Crippen LogP contribution in [0.3, 0.4) is 0 Å². The molecule has 0 radical (unpaired) electrons. The molecule has 0 aromatic heterocycles. The van der Waals surface area contributed by atoms with Gasteiger partial charge in [-0.1, -0.05) is 0 Å². The van der Waals surface area contributed by atoms with Gasteiger partial charge >= 0.3 is 0 Å². The number of methoxy groups -OCH3 is 1. The molecule has 0 unspecified atom stereocenters. The normalized spacial score (nSPS) is 24.7. The number of hydrogen-bond donors (Lipinski definition) is 2. The molecule has 5 heteroatoms. The molecule has 2 N–H and O–H groups in total. The smallest absolute Gasteiger partial charge is 0.230 e. The van der Waals surface area contributed by atoms with Gasteiger partial charge in [0.25, 0.3) is 0 Å². The van der Waals surface area contributed by atoms with Gasteiger partial charge in [0.15, 0.2) is 0 Å². The third kappa shape index (κ3) is 5.39. The van der Waals surface area contributed by atoms with Crippen molar-refractivity contribution in [2.45, 2.75) is 18.9 Å².